The molecule has 0 rings (SSSR count). The summed E-state index contributed by atoms with van der Waals surface area (Å²) in [5, 5.41) is 0. The molecule has 1 unspecified atom stereocenters. The first kappa shape index (κ1) is 12.9. The van der Waals surface area contributed by atoms with E-state index < -0.39 is 0 Å². The molecule has 0 fully saturated rings. The minimum absolute atomic E-state index is 0.184. The Labute approximate surface area is 80.7 Å². The maximum absolute atomic E-state index is 11.8. The molecule has 0 bridgehead atoms. The van der Waals surface area contributed by atoms with Crippen molar-refractivity contribution in [2.24, 2.45) is 5.92 Å². The van der Waals surface area contributed by atoms with E-state index >= 15 is 0 Å². The summed E-state index contributed by atoms with van der Waals surface area (Å²) >= 11 is 0. The topological polar surface area (TPSA) is 0 Å². The van der Waals surface area contributed by atoms with E-state index in [4.69, 9.17) is 0 Å². The third kappa shape index (κ3) is 9.78. The van der Waals surface area contributed by atoms with Gasteiger partial charge in [0.25, 0.3) is 0 Å². The molecule has 13 heavy (non-hydrogen) atoms. The van der Waals surface area contributed by atoms with Crippen LogP contribution in [0.3, 0.4) is 0 Å². The van der Waals surface area contributed by atoms with Gasteiger partial charge in [-0.1, -0.05) is 39.0 Å². The molecule has 2 heteroatoms. The van der Waals surface area contributed by atoms with Crippen LogP contribution >= 0.6 is 0 Å². The van der Waals surface area contributed by atoms with Gasteiger partial charge >= 0.3 is 0 Å². The van der Waals surface area contributed by atoms with Crippen molar-refractivity contribution in [1.29, 1.82) is 0 Å². The molecule has 0 amide bonds. The zero-order valence-corrected chi connectivity index (χ0v) is 8.70. The van der Waals surface area contributed by atoms with Crippen LogP contribution in [0, 0.1) is 5.92 Å². The molecule has 0 aromatic heterocycles. The maximum Gasteiger partial charge on any atom is 0.0894 e. The predicted molar refractivity (Wildman–Crippen MR) is 53.4 cm³/mol. The van der Waals surface area contributed by atoms with E-state index in [-0.39, 0.29) is 13.3 Å². The van der Waals surface area contributed by atoms with E-state index in [0.717, 1.165) is 25.7 Å². The molecule has 0 radical (unpaired) electrons. The molecule has 0 aliphatic heterocycles. The second-order valence-corrected chi connectivity index (χ2v) is 3.83. The van der Waals surface area contributed by atoms with Crippen molar-refractivity contribution in [3.05, 3.63) is 0 Å². The summed E-state index contributed by atoms with van der Waals surface area (Å²) in [6.45, 7) is 1.83. The Bertz CT molecular complexity index is 94.1. The lowest BCUT2D eigenvalue weighted by molar-refractivity contribution is 0.396. The third-order valence-electron chi connectivity index (χ3n) is 2.41. The van der Waals surface area contributed by atoms with Crippen molar-refractivity contribution >= 4 is 0 Å². The molecular formula is C11H22F2. The highest BCUT2D eigenvalue weighted by atomic mass is 19.1. The molecule has 0 saturated heterocycles. The zero-order valence-electron chi connectivity index (χ0n) is 8.70. The highest BCUT2D eigenvalue weighted by molar-refractivity contribution is 4.54. The van der Waals surface area contributed by atoms with Crippen molar-refractivity contribution in [3.63, 3.8) is 0 Å². The van der Waals surface area contributed by atoms with E-state index in [0.29, 0.717) is 18.8 Å². The van der Waals surface area contributed by atoms with Gasteiger partial charge in [-0.25, -0.2) is 0 Å². The Hall–Kier alpha value is -0.140. The van der Waals surface area contributed by atoms with Crippen LogP contribution < -0.4 is 0 Å². The highest BCUT2D eigenvalue weighted by Gasteiger charge is 2.01. The number of hydrogen-bond donors (Lipinski definition) is 0. The summed E-state index contributed by atoms with van der Waals surface area (Å²) in [7, 11) is 0. The van der Waals surface area contributed by atoms with E-state index in [2.05, 4.69) is 6.92 Å². The molecule has 0 aromatic rings. The molecule has 0 saturated carbocycles. The summed E-state index contributed by atoms with van der Waals surface area (Å²) in [6, 6.07) is 0. The van der Waals surface area contributed by atoms with Crippen molar-refractivity contribution in [2.75, 3.05) is 13.3 Å². The van der Waals surface area contributed by atoms with Gasteiger partial charge in [-0.15, -0.1) is 0 Å². The first-order chi connectivity index (χ1) is 6.31. The van der Waals surface area contributed by atoms with Crippen LogP contribution in [0.2, 0.25) is 0 Å². The maximum atomic E-state index is 11.8. The van der Waals surface area contributed by atoms with E-state index in [9.17, 15) is 8.78 Å². The minimum atomic E-state index is -0.186. The largest absolute Gasteiger partial charge is 0.251 e. The zero-order chi connectivity index (χ0) is 9.94. The van der Waals surface area contributed by atoms with Gasteiger partial charge in [-0.3, -0.25) is 8.78 Å². The molecule has 0 nitrogen and oxygen atoms in total. The van der Waals surface area contributed by atoms with Gasteiger partial charge in [-0.05, 0) is 18.8 Å². The average molecular weight is 192 g/mol. The third-order valence-corrected chi connectivity index (χ3v) is 2.41. The van der Waals surface area contributed by atoms with Crippen LogP contribution in [-0.2, 0) is 0 Å². The minimum Gasteiger partial charge on any atom is -0.251 e. The molecule has 0 heterocycles. The summed E-state index contributed by atoms with van der Waals surface area (Å²) in [5.74, 6) is 0.686. The van der Waals surface area contributed by atoms with Crippen molar-refractivity contribution in [1.82, 2.24) is 0 Å². The van der Waals surface area contributed by atoms with E-state index in [1.165, 1.54) is 6.42 Å². The number of hydrogen-bond acceptors (Lipinski definition) is 0. The van der Waals surface area contributed by atoms with E-state index in [1.807, 2.05) is 0 Å². The highest BCUT2D eigenvalue weighted by Crippen LogP contribution is 2.15. The molecule has 80 valence electrons. The smallest absolute Gasteiger partial charge is 0.0894 e. The fourth-order valence-electron chi connectivity index (χ4n) is 1.50. The fraction of sp³-hybridized carbons (Fsp3) is 1.00. The summed E-state index contributed by atoms with van der Waals surface area (Å²) in [5.41, 5.74) is 0. The quantitative estimate of drug-likeness (QED) is 0.478. The normalized spacial score (nSPS) is 13.2. The first-order valence-electron chi connectivity index (χ1n) is 5.43. The molecule has 0 aromatic carbocycles. The van der Waals surface area contributed by atoms with E-state index in [1.54, 1.807) is 0 Å². The lowest BCUT2D eigenvalue weighted by atomic mass is 9.97. The standard InChI is InChI=1S/C11H22F2/c1-11(8-4-6-10-13)7-3-2-5-9-12/h11H,2-10H2,1H3. The van der Waals surface area contributed by atoms with Gasteiger partial charge in [-0.2, -0.15) is 0 Å². The number of alkyl halides is 2. The second kappa shape index (κ2) is 9.94. The van der Waals surface area contributed by atoms with Crippen molar-refractivity contribution in [3.8, 4) is 0 Å². The predicted octanol–water partition coefficient (Wildman–Crippen LogP) is 4.29. The number of unbranched alkanes of at least 4 members (excludes halogenated alkanes) is 3. The van der Waals surface area contributed by atoms with Crippen LogP contribution in [-0.4, -0.2) is 13.3 Å². The fourth-order valence-corrected chi connectivity index (χ4v) is 1.50. The Morgan fingerprint density at radius 1 is 0.769 bits per heavy atom. The van der Waals surface area contributed by atoms with Gasteiger partial charge < -0.3 is 0 Å². The molecule has 1 atom stereocenters. The molecule has 0 aliphatic rings. The van der Waals surface area contributed by atoms with Gasteiger partial charge in [0.2, 0.25) is 0 Å². The van der Waals surface area contributed by atoms with Crippen molar-refractivity contribution in [2.45, 2.75) is 51.9 Å². The van der Waals surface area contributed by atoms with Gasteiger partial charge in [0, 0.05) is 0 Å². The Kier molecular flexibility index (Phi) is 9.84. The Morgan fingerprint density at radius 3 is 1.77 bits per heavy atom. The lowest BCUT2D eigenvalue weighted by Crippen LogP contribution is -1.95. The Balaban J connectivity index is 3.05. The van der Waals surface area contributed by atoms with Crippen LogP contribution in [0.25, 0.3) is 0 Å². The summed E-state index contributed by atoms with van der Waals surface area (Å²) < 4.78 is 23.5. The van der Waals surface area contributed by atoms with Crippen molar-refractivity contribution < 1.29 is 8.78 Å². The van der Waals surface area contributed by atoms with Gasteiger partial charge in [0.05, 0.1) is 13.3 Å². The molecule has 0 spiro atoms. The number of halogens is 2. The Morgan fingerprint density at radius 2 is 1.23 bits per heavy atom. The lowest BCUT2D eigenvalue weighted by Gasteiger charge is -2.09. The van der Waals surface area contributed by atoms with Gasteiger partial charge in [0.1, 0.15) is 0 Å². The monoisotopic (exact) mass is 192 g/mol. The second-order valence-electron chi connectivity index (χ2n) is 3.83. The van der Waals surface area contributed by atoms with Crippen LogP contribution in [0.15, 0.2) is 0 Å². The average Bonchev–Trinajstić information content (AvgIpc) is 2.13. The number of rotatable bonds is 9. The molecular weight excluding hydrogens is 170 g/mol. The van der Waals surface area contributed by atoms with Gasteiger partial charge in [0.15, 0.2) is 0 Å². The molecule has 0 N–H and O–H groups in total. The summed E-state index contributed by atoms with van der Waals surface area (Å²) in [4.78, 5) is 0. The van der Waals surface area contributed by atoms with Crippen LogP contribution in [0.4, 0.5) is 8.78 Å². The summed E-state index contributed by atoms with van der Waals surface area (Å²) in [6.07, 6.45) is 6.84. The molecule has 0 aliphatic carbocycles. The van der Waals surface area contributed by atoms with Crippen LogP contribution in [0.5, 0.6) is 0 Å². The first-order valence-corrected chi connectivity index (χ1v) is 5.43. The SMILES string of the molecule is CC(CCCCF)CCCCCF. The van der Waals surface area contributed by atoms with Crippen LogP contribution in [0.1, 0.15) is 51.9 Å².